The van der Waals surface area contributed by atoms with Crippen molar-refractivity contribution in [1.29, 1.82) is 0 Å². The Morgan fingerprint density at radius 1 is 1.22 bits per heavy atom. The van der Waals surface area contributed by atoms with E-state index < -0.39 is 9.84 Å². The maximum atomic E-state index is 13.0. The summed E-state index contributed by atoms with van der Waals surface area (Å²) >= 11 is 7.51. The lowest BCUT2D eigenvalue weighted by Gasteiger charge is -2.25. The fourth-order valence-corrected chi connectivity index (χ4v) is 7.91. The number of amides is 1. The molecular formula is C22H24ClN3O4S2. The van der Waals surface area contributed by atoms with Crippen molar-refractivity contribution in [2.75, 3.05) is 35.4 Å². The lowest BCUT2D eigenvalue weighted by atomic mass is 10.1. The zero-order valence-corrected chi connectivity index (χ0v) is 20.4. The van der Waals surface area contributed by atoms with Crippen LogP contribution in [0.3, 0.4) is 0 Å². The molecule has 2 heterocycles. The van der Waals surface area contributed by atoms with Crippen LogP contribution in [0.4, 0.5) is 11.4 Å². The summed E-state index contributed by atoms with van der Waals surface area (Å²) in [4.78, 5) is 19.6. The van der Waals surface area contributed by atoms with Gasteiger partial charge in [-0.15, -0.1) is 0 Å². The highest BCUT2D eigenvalue weighted by atomic mass is 35.5. The zero-order valence-electron chi connectivity index (χ0n) is 18.0. The van der Waals surface area contributed by atoms with Crippen molar-refractivity contribution in [3.8, 4) is 5.75 Å². The number of aryl methyl sites for hydroxylation is 2. The minimum absolute atomic E-state index is 0.0105. The number of thioether (sulfide) groups is 1. The van der Waals surface area contributed by atoms with E-state index >= 15 is 0 Å². The Balaban J connectivity index is 1.62. The molecule has 0 radical (unpaired) electrons. The first-order valence-corrected chi connectivity index (χ1v) is 13.2. The number of nitrogens with zero attached hydrogens (tertiary/aromatic N) is 2. The molecule has 2 aromatic carbocycles. The molecule has 1 fully saturated rings. The largest absolute Gasteiger partial charge is 0.495 e. The van der Waals surface area contributed by atoms with Gasteiger partial charge in [0.15, 0.2) is 15.0 Å². The van der Waals surface area contributed by atoms with Gasteiger partial charge in [0.25, 0.3) is 0 Å². The third-order valence-electron chi connectivity index (χ3n) is 5.29. The second kappa shape index (κ2) is 8.96. The van der Waals surface area contributed by atoms with Crippen LogP contribution in [0.2, 0.25) is 5.02 Å². The topological polar surface area (TPSA) is 88.1 Å². The van der Waals surface area contributed by atoms with Crippen LogP contribution in [0.5, 0.6) is 5.75 Å². The van der Waals surface area contributed by atoms with Gasteiger partial charge < -0.3 is 15.0 Å². The number of benzene rings is 2. The number of hydrogen-bond donors (Lipinski definition) is 1. The first-order chi connectivity index (χ1) is 15.1. The summed E-state index contributed by atoms with van der Waals surface area (Å²) in [6.45, 7) is 4.00. The van der Waals surface area contributed by atoms with Crippen molar-refractivity contribution >= 4 is 55.6 Å². The molecule has 2 aliphatic heterocycles. The molecule has 1 saturated heterocycles. The molecule has 2 aliphatic rings. The molecule has 0 saturated carbocycles. The Bertz CT molecular complexity index is 1180. The average molecular weight is 494 g/mol. The maximum absolute atomic E-state index is 13.0. The summed E-state index contributed by atoms with van der Waals surface area (Å²) < 4.78 is 29.3. The van der Waals surface area contributed by atoms with Crippen LogP contribution in [0, 0.1) is 13.8 Å². The summed E-state index contributed by atoms with van der Waals surface area (Å²) in [6, 6.07) is 10.8. The molecule has 0 spiro atoms. The molecule has 7 nitrogen and oxygen atoms in total. The van der Waals surface area contributed by atoms with E-state index in [-0.39, 0.29) is 35.2 Å². The molecule has 32 heavy (non-hydrogen) atoms. The summed E-state index contributed by atoms with van der Waals surface area (Å²) in [6.07, 6.45) is 0. The molecule has 0 aromatic heterocycles. The Hall–Kier alpha value is -2.23. The smallest absolute Gasteiger partial charge is 0.244 e. The lowest BCUT2D eigenvalue weighted by Crippen LogP contribution is -2.36. The number of ether oxygens (including phenoxy) is 1. The van der Waals surface area contributed by atoms with Gasteiger partial charge in [0.1, 0.15) is 12.3 Å². The molecule has 1 N–H and O–H groups in total. The van der Waals surface area contributed by atoms with Gasteiger partial charge >= 0.3 is 0 Å². The van der Waals surface area contributed by atoms with E-state index in [0.717, 1.165) is 16.8 Å². The van der Waals surface area contributed by atoms with Crippen LogP contribution in [0.25, 0.3) is 0 Å². The number of halogens is 1. The van der Waals surface area contributed by atoms with Crippen molar-refractivity contribution in [1.82, 2.24) is 0 Å². The number of rotatable bonds is 5. The predicted octanol–water partition coefficient (Wildman–Crippen LogP) is 3.68. The molecular weight excluding hydrogens is 470 g/mol. The highest BCUT2D eigenvalue weighted by Crippen LogP contribution is 2.37. The van der Waals surface area contributed by atoms with Gasteiger partial charge in [0, 0.05) is 16.0 Å². The summed E-state index contributed by atoms with van der Waals surface area (Å²) in [5, 5.41) is 3.90. The van der Waals surface area contributed by atoms with Gasteiger partial charge in [-0.05, 0) is 55.3 Å². The molecule has 0 unspecified atom stereocenters. The highest BCUT2D eigenvalue weighted by Gasteiger charge is 2.44. The quantitative estimate of drug-likeness (QED) is 0.683. The van der Waals surface area contributed by atoms with Crippen molar-refractivity contribution < 1.29 is 17.9 Å². The van der Waals surface area contributed by atoms with Gasteiger partial charge in [-0.2, -0.15) is 0 Å². The second-order valence-corrected chi connectivity index (χ2v) is 11.8. The third kappa shape index (κ3) is 5.05. The van der Waals surface area contributed by atoms with Gasteiger partial charge in [-0.1, -0.05) is 29.4 Å². The van der Waals surface area contributed by atoms with Crippen LogP contribution >= 0.6 is 23.4 Å². The van der Waals surface area contributed by atoms with E-state index in [1.165, 1.54) is 18.9 Å². The molecule has 1 amide bonds. The van der Waals surface area contributed by atoms with Gasteiger partial charge in [0.05, 0.1) is 30.3 Å². The fraction of sp³-hybridized carbons (Fsp3) is 0.364. The van der Waals surface area contributed by atoms with E-state index in [4.69, 9.17) is 21.3 Å². The number of amidine groups is 1. The predicted molar refractivity (Wildman–Crippen MR) is 131 cm³/mol. The zero-order chi connectivity index (χ0) is 23.0. The van der Waals surface area contributed by atoms with Gasteiger partial charge in [-0.25, -0.2) is 8.42 Å². The number of aliphatic imine (C=N–C) groups is 1. The normalized spacial score (nSPS) is 21.1. The highest BCUT2D eigenvalue weighted by molar-refractivity contribution is 8.15. The molecule has 4 rings (SSSR count). The van der Waals surface area contributed by atoms with Crippen LogP contribution in [0.15, 0.2) is 41.4 Å². The van der Waals surface area contributed by atoms with E-state index in [1.54, 1.807) is 18.2 Å². The number of carbonyl (C=O) groups is 1. The minimum Gasteiger partial charge on any atom is -0.495 e. The summed E-state index contributed by atoms with van der Waals surface area (Å²) in [7, 11) is -1.54. The minimum atomic E-state index is -3.06. The lowest BCUT2D eigenvalue weighted by molar-refractivity contribution is -0.114. The van der Waals surface area contributed by atoms with E-state index in [1.807, 2.05) is 30.9 Å². The van der Waals surface area contributed by atoms with Crippen molar-refractivity contribution in [3.05, 3.63) is 52.5 Å². The summed E-state index contributed by atoms with van der Waals surface area (Å²) in [5.41, 5.74) is 3.45. The maximum Gasteiger partial charge on any atom is 0.244 e. The monoisotopic (exact) mass is 493 g/mol. The first kappa shape index (κ1) is 22.9. The molecule has 0 bridgehead atoms. The van der Waals surface area contributed by atoms with Crippen LogP contribution in [-0.2, 0) is 14.6 Å². The fourth-order valence-electron chi connectivity index (χ4n) is 3.96. The Labute approximate surface area is 197 Å². The van der Waals surface area contributed by atoms with Gasteiger partial charge in [0.2, 0.25) is 5.91 Å². The molecule has 2 atom stereocenters. The average Bonchev–Trinajstić information content (AvgIpc) is 3.18. The second-order valence-electron chi connectivity index (χ2n) is 8.04. The number of nitrogens with one attached hydrogen (secondary N) is 1. The first-order valence-electron chi connectivity index (χ1n) is 10.1. The number of anilines is 2. The van der Waals surface area contributed by atoms with Crippen molar-refractivity contribution in [2.24, 2.45) is 4.99 Å². The molecule has 10 heteroatoms. The van der Waals surface area contributed by atoms with Crippen LogP contribution in [0.1, 0.15) is 11.1 Å². The van der Waals surface area contributed by atoms with Crippen molar-refractivity contribution in [3.63, 3.8) is 0 Å². The number of fused-ring (bicyclic) bond motifs is 1. The Morgan fingerprint density at radius 3 is 2.59 bits per heavy atom. The Morgan fingerprint density at radius 2 is 1.94 bits per heavy atom. The Kier molecular flexibility index (Phi) is 6.42. The number of hydrogen-bond acceptors (Lipinski definition) is 7. The van der Waals surface area contributed by atoms with Crippen LogP contribution < -0.4 is 15.0 Å². The molecule has 170 valence electrons. The number of sulfone groups is 1. The van der Waals surface area contributed by atoms with E-state index in [2.05, 4.69) is 11.4 Å². The van der Waals surface area contributed by atoms with Gasteiger partial charge in [-0.3, -0.25) is 9.79 Å². The van der Waals surface area contributed by atoms with Crippen LogP contribution in [-0.4, -0.2) is 55.9 Å². The van der Waals surface area contributed by atoms with Crippen molar-refractivity contribution in [2.45, 2.75) is 25.1 Å². The van der Waals surface area contributed by atoms with E-state index in [9.17, 15) is 13.2 Å². The molecule has 2 aromatic rings. The number of carbonyl (C=O) groups excluding carboxylic acids is 1. The standard InChI is InChI=1S/C22H24ClN3O4S2/c1-13-6-14(2)8-16(7-13)26(22-25-18-11-32(28,29)12-20(18)31-22)10-21(27)24-17-9-15(23)4-5-19(17)30-3/h4-9,18,20H,10-12H2,1-3H3,(H,24,27)/t18-,20+/m0/s1. The summed E-state index contributed by atoms with van der Waals surface area (Å²) in [5.74, 6) is 0.411. The molecule has 0 aliphatic carbocycles. The van der Waals surface area contributed by atoms with E-state index in [0.29, 0.717) is 21.6 Å². The SMILES string of the molecule is COc1ccc(Cl)cc1NC(=O)CN(C1=N[C@H]2CS(=O)(=O)C[C@H]2S1)c1cc(C)cc(C)c1. The number of methoxy groups -OCH3 is 1. The third-order valence-corrected chi connectivity index (χ3v) is 8.77.